The molecule has 0 unspecified atom stereocenters. The molecule has 1 N–H and O–H groups in total. The van der Waals surface area contributed by atoms with Crippen LogP contribution in [0.15, 0.2) is 12.4 Å². The Kier molecular flexibility index (Phi) is 4.62. The van der Waals surface area contributed by atoms with Gasteiger partial charge >= 0.3 is 12.3 Å². The molecule has 0 saturated heterocycles. The van der Waals surface area contributed by atoms with Crippen LogP contribution in [0.25, 0.3) is 0 Å². The Bertz CT molecular complexity index is 362. The van der Waals surface area contributed by atoms with Gasteiger partial charge in [-0.1, -0.05) is 0 Å². The zero-order valence-corrected chi connectivity index (χ0v) is 8.96. The lowest BCUT2D eigenvalue weighted by molar-refractivity contribution is -0.148. The average Bonchev–Trinajstić information content (AvgIpc) is 2.27. The van der Waals surface area contributed by atoms with Crippen LogP contribution in [0.1, 0.15) is 5.69 Å². The van der Waals surface area contributed by atoms with E-state index >= 15 is 0 Å². The number of nitrogens with one attached hydrogen (secondary N) is 1. The molecule has 0 aliphatic carbocycles. The molecular weight excluding hydrogens is 242 g/mol. The van der Waals surface area contributed by atoms with Gasteiger partial charge in [-0.3, -0.25) is 4.98 Å². The van der Waals surface area contributed by atoms with E-state index in [1.807, 2.05) is 0 Å². The molecule has 8 heteroatoms. The van der Waals surface area contributed by atoms with Gasteiger partial charge in [0.25, 0.3) is 0 Å². The van der Waals surface area contributed by atoms with E-state index in [4.69, 9.17) is 0 Å². The molecule has 1 heterocycles. The second-order valence-corrected chi connectivity index (χ2v) is 3.23. The van der Waals surface area contributed by atoms with E-state index in [1.54, 1.807) is 7.05 Å². The van der Waals surface area contributed by atoms with Crippen molar-refractivity contribution in [3.63, 3.8) is 0 Å². The van der Waals surface area contributed by atoms with Crippen molar-refractivity contribution in [2.75, 3.05) is 13.7 Å². The first-order valence-electron chi connectivity index (χ1n) is 4.70. The maximum absolute atomic E-state index is 12.5. The molecule has 0 spiro atoms. The number of aromatic nitrogens is 2. The topological polar surface area (TPSA) is 47.0 Å². The second-order valence-electron chi connectivity index (χ2n) is 3.23. The van der Waals surface area contributed by atoms with Crippen LogP contribution >= 0.6 is 0 Å². The quantitative estimate of drug-likeness (QED) is 0.780. The van der Waals surface area contributed by atoms with Crippen LogP contribution in [0.5, 0.6) is 5.88 Å². The van der Waals surface area contributed by atoms with Gasteiger partial charge in [-0.2, -0.15) is 8.78 Å². The van der Waals surface area contributed by atoms with Crippen LogP contribution < -0.4 is 10.1 Å². The van der Waals surface area contributed by atoms with Crippen molar-refractivity contribution in [3.05, 3.63) is 18.1 Å². The Hall–Kier alpha value is -1.44. The SMILES string of the molecule is CNCc1cncc(OCC(F)(F)C(F)F)n1. The third-order valence-electron chi connectivity index (χ3n) is 1.75. The highest BCUT2D eigenvalue weighted by molar-refractivity contribution is 5.08. The van der Waals surface area contributed by atoms with E-state index < -0.39 is 19.0 Å². The maximum atomic E-state index is 12.5. The molecule has 0 aliphatic heterocycles. The lowest BCUT2D eigenvalue weighted by Crippen LogP contribution is -2.34. The van der Waals surface area contributed by atoms with Crippen molar-refractivity contribution in [2.24, 2.45) is 0 Å². The lowest BCUT2D eigenvalue weighted by Gasteiger charge is -2.15. The highest BCUT2D eigenvalue weighted by atomic mass is 19.3. The summed E-state index contributed by atoms with van der Waals surface area (Å²) in [7, 11) is 1.67. The number of alkyl halides is 4. The summed E-state index contributed by atoms with van der Waals surface area (Å²) in [5, 5.41) is 2.78. The molecule has 0 radical (unpaired) electrons. The first-order valence-corrected chi connectivity index (χ1v) is 4.70. The van der Waals surface area contributed by atoms with Crippen molar-refractivity contribution in [2.45, 2.75) is 18.9 Å². The summed E-state index contributed by atoms with van der Waals surface area (Å²) < 4.78 is 53.3. The Balaban J connectivity index is 2.60. The van der Waals surface area contributed by atoms with Crippen molar-refractivity contribution in [3.8, 4) is 5.88 Å². The molecule has 0 bridgehead atoms. The second kappa shape index (κ2) is 5.76. The molecule has 1 aromatic heterocycles. The van der Waals surface area contributed by atoms with E-state index in [0.717, 1.165) is 6.20 Å². The van der Waals surface area contributed by atoms with Crippen molar-refractivity contribution in [1.82, 2.24) is 15.3 Å². The van der Waals surface area contributed by atoms with Gasteiger partial charge in [-0.15, -0.1) is 0 Å². The highest BCUT2D eigenvalue weighted by Gasteiger charge is 2.41. The van der Waals surface area contributed by atoms with Gasteiger partial charge in [0.1, 0.15) is 0 Å². The fraction of sp³-hybridized carbons (Fsp3) is 0.556. The molecule has 0 amide bonds. The van der Waals surface area contributed by atoms with E-state index in [2.05, 4.69) is 20.0 Å². The summed E-state index contributed by atoms with van der Waals surface area (Å²) in [6.07, 6.45) is -1.27. The first-order chi connectivity index (χ1) is 7.95. The first kappa shape index (κ1) is 13.6. The van der Waals surface area contributed by atoms with E-state index in [0.29, 0.717) is 12.2 Å². The molecule has 0 aliphatic rings. The van der Waals surface area contributed by atoms with Crippen molar-refractivity contribution < 1.29 is 22.3 Å². The zero-order valence-electron chi connectivity index (χ0n) is 8.96. The lowest BCUT2D eigenvalue weighted by atomic mass is 10.4. The van der Waals surface area contributed by atoms with Crippen LogP contribution in [0.2, 0.25) is 0 Å². The van der Waals surface area contributed by atoms with Crippen LogP contribution in [0, 0.1) is 0 Å². The molecule has 1 rings (SSSR count). The minimum Gasteiger partial charge on any atom is -0.470 e. The molecule has 0 atom stereocenters. The summed E-state index contributed by atoms with van der Waals surface area (Å²) in [6, 6.07) is 0. The third-order valence-corrected chi connectivity index (χ3v) is 1.75. The molecule has 4 nitrogen and oxygen atoms in total. The van der Waals surface area contributed by atoms with Gasteiger partial charge in [-0.25, -0.2) is 13.8 Å². The number of hydrogen-bond donors (Lipinski definition) is 1. The normalized spacial score (nSPS) is 11.9. The van der Waals surface area contributed by atoms with Gasteiger partial charge < -0.3 is 10.1 Å². The Labute approximate surface area is 95.0 Å². The van der Waals surface area contributed by atoms with E-state index in [9.17, 15) is 17.6 Å². The zero-order chi connectivity index (χ0) is 12.9. The van der Waals surface area contributed by atoms with Gasteiger partial charge in [0.05, 0.1) is 11.9 Å². The van der Waals surface area contributed by atoms with Crippen LogP contribution in [0.3, 0.4) is 0 Å². The molecule has 96 valence electrons. The number of rotatable bonds is 6. The van der Waals surface area contributed by atoms with Crippen LogP contribution in [-0.4, -0.2) is 36.0 Å². The standard InChI is InChI=1S/C9H11F4N3O/c1-14-2-6-3-15-4-7(16-6)17-5-9(12,13)8(10)11/h3-4,8,14H,2,5H2,1H3. The summed E-state index contributed by atoms with van der Waals surface area (Å²) >= 11 is 0. The summed E-state index contributed by atoms with van der Waals surface area (Å²) in [4.78, 5) is 7.49. The average molecular weight is 253 g/mol. The van der Waals surface area contributed by atoms with Crippen LogP contribution in [-0.2, 0) is 6.54 Å². The number of nitrogens with zero attached hydrogens (tertiary/aromatic N) is 2. The Morgan fingerprint density at radius 2 is 2.12 bits per heavy atom. The maximum Gasteiger partial charge on any atom is 0.340 e. The number of ether oxygens (including phenoxy) is 1. The smallest absolute Gasteiger partial charge is 0.340 e. The van der Waals surface area contributed by atoms with Gasteiger partial charge in [0.2, 0.25) is 5.88 Å². The minimum atomic E-state index is -4.19. The third kappa shape index (κ3) is 4.14. The summed E-state index contributed by atoms with van der Waals surface area (Å²) in [6.45, 7) is -1.06. The van der Waals surface area contributed by atoms with Crippen molar-refractivity contribution >= 4 is 0 Å². The number of halogens is 4. The summed E-state index contributed by atoms with van der Waals surface area (Å²) in [5.74, 6) is -4.40. The molecular formula is C9H11F4N3O. The largest absolute Gasteiger partial charge is 0.470 e. The minimum absolute atomic E-state index is 0.210. The van der Waals surface area contributed by atoms with Crippen LogP contribution in [0.4, 0.5) is 17.6 Å². The van der Waals surface area contributed by atoms with Crippen molar-refractivity contribution in [1.29, 1.82) is 0 Å². The fourth-order valence-corrected chi connectivity index (χ4v) is 0.955. The highest BCUT2D eigenvalue weighted by Crippen LogP contribution is 2.23. The Morgan fingerprint density at radius 3 is 2.71 bits per heavy atom. The van der Waals surface area contributed by atoms with E-state index in [1.165, 1.54) is 6.20 Å². The predicted octanol–water partition coefficient (Wildman–Crippen LogP) is 1.48. The predicted molar refractivity (Wildman–Crippen MR) is 51.2 cm³/mol. The number of hydrogen-bond acceptors (Lipinski definition) is 4. The molecule has 17 heavy (non-hydrogen) atoms. The molecule has 0 fully saturated rings. The molecule has 0 aromatic carbocycles. The van der Waals surface area contributed by atoms with Gasteiger partial charge in [0, 0.05) is 12.7 Å². The Morgan fingerprint density at radius 1 is 1.41 bits per heavy atom. The monoisotopic (exact) mass is 253 g/mol. The van der Waals surface area contributed by atoms with Gasteiger partial charge in [0.15, 0.2) is 6.61 Å². The summed E-state index contributed by atoms with van der Waals surface area (Å²) in [5.41, 5.74) is 0.463. The fourth-order valence-electron chi connectivity index (χ4n) is 0.955. The van der Waals surface area contributed by atoms with E-state index in [-0.39, 0.29) is 5.88 Å². The van der Waals surface area contributed by atoms with Gasteiger partial charge in [-0.05, 0) is 7.05 Å². The molecule has 0 saturated carbocycles. The molecule has 1 aromatic rings.